The van der Waals surface area contributed by atoms with Crippen LogP contribution in [-0.2, 0) is 18.3 Å². The van der Waals surface area contributed by atoms with E-state index >= 15 is 4.39 Å². The number of aliphatic hydroxyl groups excluding tert-OH is 1. The van der Waals surface area contributed by atoms with Crippen LogP contribution in [0.1, 0.15) is 28.0 Å². The van der Waals surface area contributed by atoms with Gasteiger partial charge in [-0.2, -0.15) is 5.10 Å². The van der Waals surface area contributed by atoms with Crippen LogP contribution in [0.25, 0.3) is 16.8 Å². The third kappa shape index (κ3) is 4.47. The van der Waals surface area contributed by atoms with E-state index in [0.29, 0.717) is 29.8 Å². The minimum absolute atomic E-state index is 0.0780. The van der Waals surface area contributed by atoms with Crippen LogP contribution >= 0.6 is 0 Å². The molecule has 1 aliphatic heterocycles. The molecule has 2 N–H and O–H groups in total. The molecule has 4 heterocycles. The normalized spacial score (nSPS) is 18.2. The molecule has 10 nitrogen and oxygen atoms in total. The average molecular weight is 481 g/mol. The van der Waals surface area contributed by atoms with Crippen molar-refractivity contribution in [2.24, 2.45) is 7.05 Å². The predicted molar refractivity (Wildman–Crippen MR) is 125 cm³/mol. The summed E-state index contributed by atoms with van der Waals surface area (Å²) in [5.41, 5.74) is 2.22. The minimum Gasteiger partial charge on any atom is -0.389 e. The number of fused-ring (bicyclic) bond motifs is 1. The molecule has 0 saturated carbocycles. The van der Waals surface area contributed by atoms with Gasteiger partial charge in [0.25, 0.3) is 5.91 Å². The van der Waals surface area contributed by atoms with Gasteiger partial charge in [0.2, 0.25) is 0 Å². The summed E-state index contributed by atoms with van der Waals surface area (Å²) in [4.78, 5) is 30.6. The Kier molecular flexibility index (Phi) is 5.95. The first-order valence-electron chi connectivity index (χ1n) is 11.2. The number of carbonyl (C=O) groups excluding carboxylic acids is 1. The Hall–Kier alpha value is -3.83. The highest BCUT2D eigenvalue weighted by Crippen LogP contribution is 2.22. The van der Waals surface area contributed by atoms with E-state index in [1.807, 2.05) is 0 Å². The third-order valence-corrected chi connectivity index (χ3v) is 6.12. The molecule has 2 atom stereocenters. The number of halogens is 1. The second-order valence-electron chi connectivity index (χ2n) is 8.75. The van der Waals surface area contributed by atoms with Gasteiger partial charge in [-0.15, -0.1) is 0 Å². The second-order valence-corrected chi connectivity index (χ2v) is 8.75. The first-order valence-corrected chi connectivity index (χ1v) is 11.2. The zero-order valence-corrected chi connectivity index (χ0v) is 19.3. The molecule has 1 aliphatic rings. The molecule has 35 heavy (non-hydrogen) atoms. The molecule has 182 valence electrons. The van der Waals surface area contributed by atoms with Crippen molar-refractivity contribution < 1.29 is 19.0 Å². The van der Waals surface area contributed by atoms with Crippen molar-refractivity contribution in [2.45, 2.75) is 32.0 Å². The van der Waals surface area contributed by atoms with Crippen LogP contribution < -0.4 is 11.0 Å². The van der Waals surface area contributed by atoms with Gasteiger partial charge in [-0.05, 0) is 25.0 Å². The lowest BCUT2D eigenvalue weighted by molar-refractivity contribution is -0.0260. The number of nitrogens with zero attached hydrogens (tertiary/aromatic N) is 5. The second kappa shape index (κ2) is 9.08. The molecule has 1 amide bonds. The lowest BCUT2D eigenvalue weighted by atomic mass is 10.1. The molecule has 1 saturated heterocycles. The van der Waals surface area contributed by atoms with Crippen molar-refractivity contribution >= 4 is 11.6 Å². The minimum atomic E-state index is -0.830. The van der Waals surface area contributed by atoms with E-state index in [1.165, 1.54) is 27.4 Å². The quantitative estimate of drug-likeness (QED) is 0.445. The van der Waals surface area contributed by atoms with Crippen LogP contribution in [-0.4, -0.2) is 60.1 Å². The van der Waals surface area contributed by atoms with Gasteiger partial charge in [0.15, 0.2) is 5.65 Å². The number of aromatic nitrogens is 5. The number of hydrogen-bond donors (Lipinski definition) is 2. The summed E-state index contributed by atoms with van der Waals surface area (Å²) >= 11 is 0. The monoisotopic (exact) mass is 480 g/mol. The van der Waals surface area contributed by atoms with Crippen LogP contribution in [0.2, 0.25) is 0 Å². The Bertz CT molecular complexity index is 1470. The van der Waals surface area contributed by atoms with Gasteiger partial charge in [0.1, 0.15) is 5.82 Å². The van der Waals surface area contributed by atoms with Crippen LogP contribution in [0, 0.1) is 12.7 Å². The Labute approximate surface area is 199 Å². The summed E-state index contributed by atoms with van der Waals surface area (Å²) in [6.45, 7) is 2.20. The van der Waals surface area contributed by atoms with Gasteiger partial charge >= 0.3 is 5.69 Å². The molecule has 0 bridgehead atoms. The molecule has 0 aliphatic carbocycles. The molecule has 0 spiro atoms. The molecule has 0 radical (unpaired) electrons. The Morgan fingerprint density at radius 3 is 2.83 bits per heavy atom. The number of aliphatic hydroxyl groups is 1. The number of nitrogens with one attached hydrogen (secondary N) is 1. The molecule has 5 rings (SSSR count). The third-order valence-electron chi connectivity index (χ3n) is 6.12. The summed E-state index contributed by atoms with van der Waals surface area (Å²) in [6.07, 6.45) is 5.99. The van der Waals surface area contributed by atoms with Crippen molar-refractivity contribution in [3.8, 4) is 11.1 Å². The van der Waals surface area contributed by atoms with E-state index in [4.69, 9.17) is 4.74 Å². The van der Waals surface area contributed by atoms with Gasteiger partial charge in [0.05, 0.1) is 42.8 Å². The van der Waals surface area contributed by atoms with E-state index < -0.39 is 29.6 Å². The topological polar surface area (TPSA) is 116 Å². The number of carbonyl (C=O) groups is 1. The Morgan fingerprint density at radius 1 is 1.29 bits per heavy atom. The highest BCUT2D eigenvalue weighted by Gasteiger charge is 2.27. The lowest BCUT2D eigenvalue weighted by Crippen LogP contribution is -2.49. The molecular weight excluding hydrogens is 455 g/mol. The number of amides is 1. The highest BCUT2D eigenvalue weighted by molar-refractivity contribution is 5.99. The smallest absolute Gasteiger partial charge is 0.334 e. The predicted octanol–water partition coefficient (Wildman–Crippen LogP) is 1.27. The summed E-state index contributed by atoms with van der Waals surface area (Å²) in [6, 6.07) is 4.30. The molecular formula is C24H25FN6O4. The maximum absolute atomic E-state index is 15.0. The number of ether oxygens (including phenoxy) is 1. The zero-order chi connectivity index (χ0) is 24.7. The van der Waals surface area contributed by atoms with Gasteiger partial charge in [-0.1, -0.05) is 12.1 Å². The SMILES string of the molecule is Cc1cn2c(=O)n(Cc3ccc(-c4cnn(C)c4)cc3F)cc(C(=O)N[C@H]3CCOC[C@@H]3O)c2n1. The maximum Gasteiger partial charge on any atom is 0.334 e. The van der Waals surface area contributed by atoms with Gasteiger partial charge in [-0.25, -0.2) is 14.2 Å². The molecule has 11 heteroatoms. The summed E-state index contributed by atoms with van der Waals surface area (Å²) in [5, 5.41) is 17.1. The first kappa shape index (κ1) is 22.9. The Balaban J connectivity index is 1.49. The molecule has 1 fully saturated rings. The van der Waals surface area contributed by atoms with Crippen molar-refractivity contribution in [3.05, 3.63) is 76.1 Å². The van der Waals surface area contributed by atoms with Crippen LogP contribution in [0.5, 0.6) is 0 Å². The number of rotatable bonds is 5. The summed E-state index contributed by atoms with van der Waals surface area (Å²) in [5.74, 6) is -0.954. The van der Waals surface area contributed by atoms with Crippen LogP contribution in [0.3, 0.4) is 0 Å². The van der Waals surface area contributed by atoms with Crippen LogP contribution in [0.15, 0.2) is 47.8 Å². The lowest BCUT2D eigenvalue weighted by Gasteiger charge is -2.28. The zero-order valence-electron chi connectivity index (χ0n) is 19.3. The molecule has 3 aromatic heterocycles. The van der Waals surface area contributed by atoms with E-state index in [1.54, 1.807) is 43.2 Å². The van der Waals surface area contributed by atoms with Crippen LogP contribution in [0.4, 0.5) is 4.39 Å². The summed E-state index contributed by atoms with van der Waals surface area (Å²) in [7, 11) is 1.78. The molecule has 4 aromatic rings. The van der Waals surface area contributed by atoms with Crippen molar-refractivity contribution in [1.82, 2.24) is 29.0 Å². The van der Waals surface area contributed by atoms with Crippen molar-refractivity contribution in [3.63, 3.8) is 0 Å². The van der Waals surface area contributed by atoms with Gasteiger partial charge in [-0.3, -0.25) is 18.4 Å². The number of aryl methyl sites for hydroxylation is 2. The molecule has 1 aromatic carbocycles. The number of benzene rings is 1. The molecule has 0 unspecified atom stereocenters. The average Bonchev–Trinajstić information content (AvgIpc) is 3.44. The van der Waals surface area contributed by atoms with Gasteiger partial charge in [0, 0.05) is 43.4 Å². The summed E-state index contributed by atoms with van der Waals surface area (Å²) < 4.78 is 24.4. The van der Waals surface area contributed by atoms with E-state index in [2.05, 4.69) is 15.4 Å². The fraction of sp³-hybridized carbons (Fsp3) is 0.333. The van der Waals surface area contributed by atoms with E-state index in [-0.39, 0.29) is 24.4 Å². The number of imidazole rings is 1. The fourth-order valence-corrected chi connectivity index (χ4v) is 4.26. The van der Waals surface area contributed by atoms with E-state index in [0.717, 1.165) is 5.56 Å². The fourth-order valence-electron chi connectivity index (χ4n) is 4.26. The van der Waals surface area contributed by atoms with E-state index in [9.17, 15) is 14.7 Å². The van der Waals surface area contributed by atoms with Crippen molar-refractivity contribution in [2.75, 3.05) is 13.2 Å². The maximum atomic E-state index is 15.0. The van der Waals surface area contributed by atoms with Crippen molar-refractivity contribution in [1.29, 1.82) is 0 Å². The first-order chi connectivity index (χ1) is 16.8. The van der Waals surface area contributed by atoms with Gasteiger partial charge < -0.3 is 15.2 Å². The Morgan fingerprint density at radius 2 is 2.11 bits per heavy atom. The largest absolute Gasteiger partial charge is 0.389 e. The standard InChI is InChI=1S/C24H25FN6O4/c1-14-9-31-22(27-14)18(23(33)28-20-5-6-35-13-21(20)32)12-30(24(31)34)11-16-4-3-15(7-19(16)25)17-8-26-29(2)10-17/h3-4,7-10,12,20-21,32H,5-6,11,13H2,1-2H3,(H,28,33)/t20-,21-/m0/s1. The number of hydrogen-bond acceptors (Lipinski definition) is 6. The highest BCUT2D eigenvalue weighted by atomic mass is 19.1.